The summed E-state index contributed by atoms with van der Waals surface area (Å²) in [5.74, 6) is 0.874. The van der Waals surface area contributed by atoms with Crippen LogP contribution in [-0.4, -0.2) is 24.6 Å². The number of amides is 1. The minimum Gasteiger partial charge on any atom is -0.489 e. The molecule has 0 aromatic heterocycles. The largest absolute Gasteiger partial charge is 0.489 e. The van der Waals surface area contributed by atoms with E-state index < -0.39 is 0 Å². The lowest BCUT2D eigenvalue weighted by Gasteiger charge is -2.33. The molecule has 15 heavy (non-hydrogen) atoms. The summed E-state index contributed by atoms with van der Waals surface area (Å²) in [6.45, 7) is 0.504. The Bertz CT molecular complexity index is 419. The molecule has 2 N–H and O–H groups in total. The van der Waals surface area contributed by atoms with Crippen LogP contribution in [0.1, 0.15) is 6.42 Å². The van der Waals surface area contributed by atoms with Crippen molar-refractivity contribution in [1.82, 2.24) is 0 Å². The molecule has 0 bridgehead atoms. The molecule has 2 atom stereocenters. The number of hydrogen-bond donors (Lipinski definition) is 1. The van der Waals surface area contributed by atoms with Crippen molar-refractivity contribution >= 4 is 11.6 Å². The standard InChI is InChI=1S/C11H12N2O2/c12-7-5-11(14)13-8-3-1-2-4-10(8)15-6-9(7)13/h1-4,7,9H,5-6,12H2. The second kappa shape index (κ2) is 2.97. The lowest BCUT2D eigenvalue weighted by atomic mass is 10.1. The van der Waals surface area contributed by atoms with Crippen LogP contribution in [0.25, 0.3) is 0 Å². The Morgan fingerprint density at radius 3 is 3.07 bits per heavy atom. The first-order valence-electron chi connectivity index (χ1n) is 5.07. The molecular weight excluding hydrogens is 192 g/mol. The van der Waals surface area contributed by atoms with Gasteiger partial charge in [-0.25, -0.2) is 0 Å². The van der Waals surface area contributed by atoms with E-state index in [1.165, 1.54) is 0 Å². The number of ether oxygens (including phenoxy) is 1. The van der Waals surface area contributed by atoms with Gasteiger partial charge in [-0.1, -0.05) is 12.1 Å². The van der Waals surface area contributed by atoms with Gasteiger partial charge in [0.25, 0.3) is 0 Å². The molecule has 0 spiro atoms. The number of rotatable bonds is 0. The van der Waals surface area contributed by atoms with Crippen LogP contribution in [0.4, 0.5) is 5.69 Å². The van der Waals surface area contributed by atoms with Gasteiger partial charge in [0, 0.05) is 12.5 Å². The van der Waals surface area contributed by atoms with E-state index in [1.807, 2.05) is 24.3 Å². The van der Waals surface area contributed by atoms with Gasteiger partial charge < -0.3 is 15.4 Å². The molecule has 3 rings (SSSR count). The molecule has 0 aliphatic carbocycles. The van der Waals surface area contributed by atoms with Crippen LogP contribution in [0, 0.1) is 0 Å². The number of hydrogen-bond acceptors (Lipinski definition) is 3. The second-order valence-electron chi connectivity index (χ2n) is 3.98. The summed E-state index contributed by atoms with van der Waals surface area (Å²) < 4.78 is 5.58. The van der Waals surface area contributed by atoms with Crippen LogP contribution < -0.4 is 15.4 Å². The first-order valence-corrected chi connectivity index (χ1v) is 5.07. The van der Waals surface area contributed by atoms with E-state index in [0.717, 1.165) is 11.4 Å². The monoisotopic (exact) mass is 204 g/mol. The Balaban J connectivity index is 2.09. The van der Waals surface area contributed by atoms with E-state index in [2.05, 4.69) is 0 Å². The molecule has 2 heterocycles. The molecule has 2 aliphatic heterocycles. The minimum absolute atomic E-state index is 0.00685. The van der Waals surface area contributed by atoms with Gasteiger partial charge in [0.15, 0.2) is 0 Å². The third-order valence-corrected chi connectivity index (χ3v) is 3.04. The second-order valence-corrected chi connectivity index (χ2v) is 3.98. The van der Waals surface area contributed by atoms with E-state index >= 15 is 0 Å². The number of para-hydroxylation sites is 2. The predicted octanol–water partition coefficient (Wildman–Crippen LogP) is 0.512. The minimum atomic E-state index is -0.106. The Hall–Kier alpha value is -1.55. The Morgan fingerprint density at radius 2 is 2.20 bits per heavy atom. The van der Waals surface area contributed by atoms with Crippen LogP contribution in [0.5, 0.6) is 5.75 Å². The van der Waals surface area contributed by atoms with E-state index in [0.29, 0.717) is 13.0 Å². The first-order chi connectivity index (χ1) is 7.27. The van der Waals surface area contributed by atoms with E-state index in [4.69, 9.17) is 10.5 Å². The molecule has 2 unspecified atom stereocenters. The predicted molar refractivity (Wildman–Crippen MR) is 55.8 cm³/mol. The SMILES string of the molecule is NC1CC(=O)N2c3ccccc3OCC12. The average Bonchev–Trinajstić information content (AvgIpc) is 2.55. The maximum atomic E-state index is 11.8. The first kappa shape index (κ1) is 8.73. The molecule has 4 nitrogen and oxygen atoms in total. The number of fused-ring (bicyclic) bond motifs is 3. The number of carbonyl (C=O) groups excluding carboxylic acids is 1. The Kier molecular flexibility index (Phi) is 1.73. The van der Waals surface area contributed by atoms with Crippen molar-refractivity contribution in [3.8, 4) is 5.75 Å². The van der Waals surface area contributed by atoms with Crippen LogP contribution >= 0.6 is 0 Å². The summed E-state index contributed by atoms with van der Waals surface area (Å²) in [5.41, 5.74) is 6.75. The number of benzene rings is 1. The van der Waals surface area contributed by atoms with Crippen LogP contribution in [0.2, 0.25) is 0 Å². The van der Waals surface area contributed by atoms with Gasteiger partial charge in [-0.3, -0.25) is 4.79 Å². The zero-order valence-electron chi connectivity index (χ0n) is 8.22. The topological polar surface area (TPSA) is 55.6 Å². The van der Waals surface area contributed by atoms with Crippen molar-refractivity contribution in [3.05, 3.63) is 24.3 Å². The van der Waals surface area contributed by atoms with Gasteiger partial charge in [0.05, 0.1) is 11.7 Å². The number of carbonyl (C=O) groups is 1. The van der Waals surface area contributed by atoms with Crippen molar-refractivity contribution in [2.75, 3.05) is 11.5 Å². The number of nitrogens with zero attached hydrogens (tertiary/aromatic N) is 1. The van der Waals surface area contributed by atoms with E-state index in [-0.39, 0.29) is 18.0 Å². The van der Waals surface area contributed by atoms with Gasteiger partial charge in [0.2, 0.25) is 5.91 Å². The highest BCUT2D eigenvalue weighted by atomic mass is 16.5. The molecule has 1 aromatic rings. The maximum absolute atomic E-state index is 11.8. The molecule has 4 heteroatoms. The molecular formula is C11H12N2O2. The van der Waals surface area contributed by atoms with E-state index in [1.54, 1.807) is 4.90 Å². The molecule has 2 aliphatic rings. The van der Waals surface area contributed by atoms with Gasteiger partial charge in [-0.2, -0.15) is 0 Å². The Morgan fingerprint density at radius 1 is 1.40 bits per heavy atom. The lowest BCUT2D eigenvalue weighted by Crippen LogP contribution is -2.47. The number of anilines is 1. The van der Waals surface area contributed by atoms with Crippen molar-refractivity contribution in [2.24, 2.45) is 5.73 Å². The fraction of sp³-hybridized carbons (Fsp3) is 0.364. The van der Waals surface area contributed by atoms with Gasteiger partial charge in [-0.05, 0) is 12.1 Å². The smallest absolute Gasteiger partial charge is 0.229 e. The number of nitrogens with two attached hydrogens (primary N) is 1. The van der Waals surface area contributed by atoms with Crippen LogP contribution in [0.15, 0.2) is 24.3 Å². The molecule has 1 amide bonds. The molecule has 1 fully saturated rings. The average molecular weight is 204 g/mol. The van der Waals surface area contributed by atoms with Crippen LogP contribution in [-0.2, 0) is 4.79 Å². The normalized spacial score (nSPS) is 28.3. The Labute approximate surface area is 87.6 Å². The van der Waals surface area contributed by atoms with Crippen molar-refractivity contribution in [3.63, 3.8) is 0 Å². The summed E-state index contributed by atoms with van der Waals surface area (Å²) in [7, 11) is 0. The lowest BCUT2D eigenvalue weighted by molar-refractivity contribution is -0.117. The molecule has 1 aromatic carbocycles. The molecule has 0 saturated carbocycles. The zero-order valence-corrected chi connectivity index (χ0v) is 8.22. The summed E-state index contributed by atoms with van der Waals surface area (Å²) >= 11 is 0. The van der Waals surface area contributed by atoms with Gasteiger partial charge in [0.1, 0.15) is 12.4 Å². The van der Waals surface area contributed by atoms with Crippen molar-refractivity contribution in [2.45, 2.75) is 18.5 Å². The van der Waals surface area contributed by atoms with Gasteiger partial charge in [-0.15, -0.1) is 0 Å². The van der Waals surface area contributed by atoms with E-state index in [9.17, 15) is 4.79 Å². The molecule has 1 saturated heterocycles. The van der Waals surface area contributed by atoms with Crippen molar-refractivity contribution < 1.29 is 9.53 Å². The maximum Gasteiger partial charge on any atom is 0.229 e. The third kappa shape index (κ3) is 1.15. The fourth-order valence-electron chi connectivity index (χ4n) is 2.28. The quantitative estimate of drug-likeness (QED) is 0.670. The summed E-state index contributed by atoms with van der Waals surface area (Å²) in [4.78, 5) is 13.6. The molecule has 78 valence electrons. The third-order valence-electron chi connectivity index (χ3n) is 3.04. The van der Waals surface area contributed by atoms with Gasteiger partial charge >= 0.3 is 0 Å². The highest BCUT2D eigenvalue weighted by Gasteiger charge is 2.42. The fourth-order valence-corrected chi connectivity index (χ4v) is 2.28. The molecule has 0 radical (unpaired) electrons. The zero-order chi connectivity index (χ0) is 10.4. The summed E-state index contributed by atoms with van der Waals surface area (Å²) in [6.07, 6.45) is 0.419. The highest BCUT2D eigenvalue weighted by molar-refractivity contribution is 5.99. The summed E-state index contributed by atoms with van der Waals surface area (Å²) in [5, 5.41) is 0. The van der Waals surface area contributed by atoms with Crippen LogP contribution in [0.3, 0.4) is 0 Å². The highest BCUT2D eigenvalue weighted by Crippen LogP contribution is 2.37. The summed E-state index contributed by atoms with van der Waals surface area (Å²) in [6, 6.07) is 7.49. The van der Waals surface area contributed by atoms with Crippen molar-refractivity contribution in [1.29, 1.82) is 0 Å².